The van der Waals surface area contributed by atoms with Crippen molar-refractivity contribution in [3.05, 3.63) is 70.3 Å². The highest BCUT2D eigenvalue weighted by atomic mass is 19.4. The molecule has 1 aromatic heterocycles. The third-order valence-electron chi connectivity index (χ3n) is 5.29. The molecule has 4 N–H and O–H groups in total. The first-order valence-electron chi connectivity index (χ1n) is 9.46. The molecule has 0 bridgehead atoms. The van der Waals surface area contributed by atoms with E-state index in [1.807, 2.05) is 0 Å². The molecule has 1 atom stereocenters. The van der Waals surface area contributed by atoms with Crippen LogP contribution in [0.15, 0.2) is 53.3 Å². The number of hydrogen-bond donors (Lipinski definition) is 4. The molecule has 31 heavy (non-hydrogen) atoms. The zero-order valence-electron chi connectivity index (χ0n) is 16.8. The number of hydrogen-bond acceptors (Lipinski definition) is 4. The van der Waals surface area contributed by atoms with Crippen molar-refractivity contribution in [2.75, 3.05) is 11.9 Å². The van der Waals surface area contributed by atoms with Gasteiger partial charge in [0.25, 0.3) is 0 Å². The lowest BCUT2D eigenvalue weighted by molar-refractivity contribution is -0.260. The number of benzene rings is 2. The number of halogens is 4. The molecule has 0 aliphatic rings. The SMILES string of the molecule is CC(C)(CC(O)(CNc1cccc2[nH]c(=O)ccc12)C(F)(F)F)c1cc(F)ccc1O. The Balaban J connectivity index is 1.93. The van der Waals surface area contributed by atoms with Gasteiger partial charge in [-0.15, -0.1) is 0 Å². The predicted octanol–water partition coefficient (Wildman–Crippen LogP) is 4.45. The Hall–Kier alpha value is -3.07. The quantitative estimate of drug-likeness (QED) is 0.429. The second-order valence-corrected chi connectivity index (χ2v) is 8.19. The molecule has 1 unspecified atom stereocenters. The van der Waals surface area contributed by atoms with Gasteiger partial charge < -0.3 is 20.5 Å². The van der Waals surface area contributed by atoms with Gasteiger partial charge in [-0.1, -0.05) is 19.9 Å². The van der Waals surface area contributed by atoms with Crippen LogP contribution in [0.5, 0.6) is 5.75 Å². The highest BCUT2D eigenvalue weighted by Gasteiger charge is 2.56. The number of aromatic nitrogens is 1. The minimum atomic E-state index is -5.01. The van der Waals surface area contributed by atoms with E-state index in [0.29, 0.717) is 16.6 Å². The fourth-order valence-electron chi connectivity index (χ4n) is 3.72. The number of aromatic hydroxyl groups is 1. The van der Waals surface area contributed by atoms with Crippen molar-refractivity contribution < 1.29 is 27.8 Å². The lowest BCUT2D eigenvalue weighted by Crippen LogP contribution is -2.53. The monoisotopic (exact) mass is 438 g/mol. The predicted molar refractivity (Wildman–Crippen MR) is 110 cm³/mol. The molecule has 9 heteroatoms. The lowest BCUT2D eigenvalue weighted by atomic mass is 9.74. The maximum Gasteiger partial charge on any atom is 0.418 e. The lowest BCUT2D eigenvalue weighted by Gasteiger charge is -2.38. The number of phenolic OH excluding ortho intramolecular Hbond substituents is 1. The van der Waals surface area contributed by atoms with E-state index in [0.717, 1.165) is 18.2 Å². The van der Waals surface area contributed by atoms with E-state index in [1.54, 1.807) is 12.1 Å². The maximum atomic E-state index is 13.9. The molecular weight excluding hydrogens is 416 g/mol. The van der Waals surface area contributed by atoms with Crippen LogP contribution in [0.1, 0.15) is 25.8 Å². The van der Waals surface area contributed by atoms with Crippen molar-refractivity contribution in [3.63, 3.8) is 0 Å². The molecule has 5 nitrogen and oxygen atoms in total. The summed E-state index contributed by atoms with van der Waals surface area (Å²) in [6.07, 6.45) is -5.85. The highest BCUT2D eigenvalue weighted by molar-refractivity contribution is 5.91. The summed E-state index contributed by atoms with van der Waals surface area (Å²) in [6, 6.07) is 10.4. The largest absolute Gasteiger partial charge is 0.508 e. The Morgan fingerprint density at radius 1 is 1.06 bits per heavy atom. The number of fused-ring (bicyclic) bond motifs is 1. The number of aromatic amines is 1. The zero-order chi connectivity index (χ0) is 23.0. The van der Waals surface area contributed by atoms with Gasteiger partial charge in [-0.25, -0.2) is 4.39 Å². The van der Waals surface area contributed by atoms with Crippen molar-refractivity contribution >= 4 is 16.6 Å². The van der Waals surface area contributed by atoms with Crippen molar-refractivity contribution in [2.24, 2.45) is 0 Å². The number of H-pyrrole nitrogens is 1. The number of alkyl halides is 3. The normalized spacial score (nSPS) is 14.4. The number of nitrogens with one attached hydrogen (secondary N) is 2. The molecule has 0 aliphatic heterocycles. The summed E-state index contributed by atoms with van der Waals surface area (Å²) < 4.78 is 55.4. The maximum absolute atomic E-state index is 13.9. The molecule has 0 amide bonds. The van der Waals surface area contributed by atoms with E-state index in [9.17, 15) is 32.6 Å². The van der Waals surface area contributed by atoms with E-state index in [2.05, 4.69) is 10.3 Å². The second kappa shape index (κ2) is 7.88. The number of aliphatic hydroxyl groups is 1. The van der Waals surface area contributed by atoms with E-state index in [-0.39, 0.29) is 16.9 Å². The van der Waals surface area contributed by atoms with Gasteiger partial charge in [-0.05, 0) is 48.2 Å². The van der Waals surface area contributed by atoms with Crippen molar-refractivity contribution in [2.45, 2.75) is 37.5 Å². The average Bonchev–Trinajstić information content (AvgIpc) is 2.66. The van der Waals surface area contributed by atoms with Crippen molar-refractivity contribution in [1.29, 1.82) is 0 Å². The first-order valence-corrected chi connectivity index (χ1v) is 9.46. The summed E-state index contributed by atoms with van der Waals surface area (Å²) in [5.41, 5.74) is -4.28. The van der Waals surface area contributed by atoms with Crippen molar-refractivity contribution in [1.82, 2.24) is 4.98 Å². The van der Waals surface area contributed by atoms with E-state index >= 15 is 0 Å². The van der Waals surface area contributed by atoms with Gasteiger partial charge in [-0.2, -0.15) is 13.2 Å². The van der Waals surface area contributed by atoms with Crippen LogP contribution < -0.4 is 10.9 Å². The Bertz CT molecular complexity index is 1160. The number of anilines is 1. The third-order valence-corrected chi connectivity index (χ3v) is 5.29. The molecule has 3 rings (SSSR count). The average molecular weight is 438 g/mol. The van der Waals surface area contributed by atoms with Crippen LogP contribution in [0.25, 0.3) is 10.9 Å². The summed E-state index contributed by atoms with van der Waals surface area (Å²) in [6.45, 7) is 1.88. The Kier molecular flexibility index (Phi) is 5.75. The van der Waals surface area contributed by atoms with Gasteiger partial charge in [0.1, 0.15) is 11.6 Å². The number of rotatable bonds is 6. The zero-order valence-corrected chi connectivity index (χ0v) is 16.8. The van der Waals surface area contributed by atoms with Gasteiger partial charge in [-0.3, -0.25) is 4.79 Å². The molecule has 0 spiro atoms. The summed E-state index contributed by atoms with van der Waals surface area (Å²) in [5, 5.41) is 23.8. The van der Waals surface area contributed by atoms with Crippen LogP contribution in [-0.2, 0) is 5.41 Å². The Morgan fingerprint density at radius 2 is 1.77 bits per heavy atom. The smallest absolute Gasteiger partial charge is 0.418 e. The minimum Gasteiger partial charge on any atom is -0.508 e. The molecule has 1 heterocycles. The molecule has 0 fully saturated rings. The second-order valence-electron chi connectivity index (χ2n) is 8.19. The molecule has 2 aromatic carbocycles. The third kappa shape index (κ3) is 4.66. The topological polar surface area (TPSA) is 85.4 Å². The van der Waals surface area contributed by atoms with Crippen LogP contribution in [0, 0.1) is 5.82 Å². The first kappa shape index (κ1) is 22.6. The summed E-state index contributed by atoms with van der Waals surface area (Å²) in [5.74, 6) is -1.07. The molecule has 0 saturated carbocycles. The van der Waals surface area contributed by atoms with Gasteiger partial charge >= 0.3 is 6.18 Å². The van der Waals surface area contributed by atoms with Gasteiger partial charge in [0.2, 0.25) is 5.56 Å². The molecule has 0 saturated heterocycles. The highest BCUT2D eigenvalue weighted by Crippen LogP contribution is 2.43. The summed E-state index contributed by atoms with van der Waals surface area (Å²) in [4.78, 5) is 14.1. The van der Waals surface area contributed by atoms with Crippen LogP contribution in [0.2, 0.25) is 0 Å². The van der Waals surface area contributed by atoms with Gasteiger partial charge in [0.05, 0.1) is 12.1 Å². The van der Waals surface area contributed by atoms with E-state index < -0.39 is 36.0 Å². The van der Waals surface area contributed by atoms with E-state index in [1.165, 1.54) is 32.0 Å². The van der Waals surface area contributed by atoms with E-state index in [4.69, 9.17) is 0 Å². The fraction of sp³-hybridized carbons (Fsp3) is 0.318. The Labute approximate surface area is 175 Å². The van der Waals surface area contributed by atoms with Crippen LogP contribution in [0.3, 0.4) is 0 Å². The van der Waals surface area contributed by atoms with Crippen LogP contribution >= 0.6 is 0 Å². The first-order chi connectivity index (χ1) is 14.3. The fourth-order valence-corrected chi connectivity index (χ4v) is 3.72. The van der Waals surface area contributed by atoms with Gasteiger partial charge in [0, 0.05) is 22.7 Å². The minimum absolute atomic E-state index is 0.0436. The van der Waals surface area contributed by atoms with Crippen LogP contribution in [0.4, 0.5) is 23.2 Å². The molecule has 0 aliphatic carbocycles. The molecule has 166 valence electrons. The number of phenols is 1. The van der Waals surface area contributed by atoms with Crippen molar-refractivity contribution in [3.8, 4) is 5.75 Å². The van der Waals surface area contributed by atoms with Gasteiger partial charge in [0.15, 0.2) is 5.60 Å². The summed E-state index contributed by atoms with van der Waals surface area (Å²) in [7, 11) is 0. The molecular formula is C22H22F4N2O3. The summed E-state index contributed by atoms with van der Waals surface area (Å²) >= 11 is 0. The standard InChI is InChI=1S/C22H22F4N2O3/c1-20(2,15-10-13(23)6-8-18(15)29)11-21(31,22(24,25)26)12-27-16-4-3-5-17-14(16)7-9-19(30)28-17/h3-10,27,29,31H,11-12H2,1-2H3,(H,28,30). The molecule has 0 radical (unpaired) electrons. The molecule has 3 aromatic rings. The van der Waals surface area contributed by atoms with Crippen LogP contribution in [-0.4, -0.2) is 33.5 Å². The number of pyridine rings is 1. The Morgan fingerprint density at radius 3 is 2.45 bits per heavy atom.